The molecule has 0 radical (unpaired) electrons. The van der Waals surface area contributed by atoms with Gasteiger partial charge in [-0.05, 0) is 25.5 Å². The van der Waals surface area contributed by atoms with Gasteiger partial charge < -0.3 is 10.4 Å². The number of pyridine rings is 1. The molecule has 0 aliphatic rings. The van der Waals surface area contributed by atoms with Crippen LogP contribution in [0.3, 0.4) is 0 Å². The van der Waals surface area contributed by atoms with Gasteiger partial charge in [-0.1, -0.05) is 48.5 Å². The maximum absolute atomic E-state index is 12.7. The Balaban J connectivity index is 1.99. The topological polar surface area (TPSA) is 62.2 Å². The Kier molecular flexibility index (Phi) is 3.98. The molecule has 1 heterocycles. The lowest BCUT2D eigenvalue weighted by Crippen LogP contribution is -2.27. The van der Waals surface area contributed by atoms with E-state index in [1.54, 1.807) is 13.0 Å². The molecule has 116 valence electrons. The fourth-order valence-corrected chi connectivity index (χ4v) is 2.65. The predicted octanol–water partition coefficient (Wildman–Crippen LogP) is 3.74. The number of aryl methyl sites for hydroxylation is 1. The normalized spacial score (nSPS) is 12.1. The maximum atomic E-state index is 12.7. The number of para-hydroxylation sites is 1. The molecule has 0 spiro atoms. The van der Waals surface area contributed by atoms with E-state index in [0.29, 0.717) is 16.6 Å². The highest BCUT2D eigenvalue weighted by atomic mass is 16.3. The van der Waals surface area contributed by atoms with Gasteiger partial charge in [-0.25, -0.2) is 4.98 Å². The zero-order valence-corrected chi connectivity index (χ0v) is 13.1. The summed E-state index contributed by atoms with van der Waals surface area (Å²) < 4.78 is 0. The molecule has 0 unspecified atom stereocenters. The average molecular weight is 306 g/mol. The molecule has 0 fully saturated rings. The summed E-state index contributed by atoms with van der Waals surface area (Å²) in [5, 5.41) is 13.9. The van der Waals surface area contributed by atoms with Crippen molar-refractivity contribution in [3.8, 4) is 5.75 Å². The zero-order chi connectivity index (χ0) is 16.4. The molecule has 23 heavy (non-hydrogen) atoms. The van der Waals surface area contributed by atoms with Gasteiger partial charge in [0.05, 0.1) is 22.8 Å². The third-order valence-corrected chi connectivity index (χ3v) is 3.92. The summed E-state index contributed by atoms with van der Waals surface area (Å²) in [6.45, 7) is 3.61. The molecule has 1 aromatic heterocycles. The SMILES string of the molecule is Cc1nc2ccccc2c(C(=O)N[C@H](C)c2ccccc2)c1O. The third kappa shape index (κ3) is 2.88. The standard InChI is InChI=1S/C19H18N2O2/c1-12(14-8-4-3-5-9-14)21-19(23)17-15-10-6-7-11-16(15)20-13(2)18(17)22/h3-12,22H,1-2H3,(H,21,23)/t12-/m1/s1. The Morgan fingerprint density at radius 2 is 1.74 bits per heavy atom. The number of rotatable bonds is 3. The third-order valence-electron chi connectivity index (χ3n) is 3.92. The Hall–Kier alpha value is -2.88. The maximum Gasteiger partial charge on any atom is 0.256 e. The van der Waals surface area contributed by atoms with Crippen molar-refractivity contribution in [2.24, 2.45) is 0 Å². The fourth-order valence-electron chi connectivity index (χ4n) is 2.65. The van der Waals surface area contributed by atoms with Crippen LogP contribution in [0.1, 0.15) is 34.6 Å². The molecule has 0 saturated heterocycles. The quantitative estimate of drug-likeness (QED) is 0.775. The lowest BCUT2D eigenvalue weighted by molar-refractivity contribution is 0.0938. The first kappa shape index (κ1) is 15.0. The number of nitrogens with one attached hydrogen (secondary N) is 1. The second-order valence-electron chi connectivity index (χ2n) is 5.54. The lowest BCUT2D eigenvalue weighted by Gasteiger charge is -2.16. The second kappa shape index (κ2) is 6.08. The second-order valence-corrected chi connectivity index (χ2v) is 5.54. The van der Waals surface area contributed by atoms with Gasteiger partial charge in [0.25, 0.3) is 5.91 Å². The van der Waals surface area contributed by atoms with Crippen molar-refractivity contribution in [2.75, 3.05) is 0 Å². The monoisotopic (exact) mass is 306 g/mol. The van der Waals surface area contributed by atoms with Crippen molar-refractivity contribution < 1.29 is 9.90 Å². The van der Waals surface area contributed by atoms with E-state index in [2.05, 4.69) is 10.3 Å². The van der Waals surface area contributed by atoms with Gasteiger partial charge in [0.2, 0.25) is 0 Å². The van der Waals surface area contributed by atoms with Crippen LogP contribution in [-0.4, -0.2) is 16.0 Å². The first-order valence-corrected chi connectivity index (χ1v) is 7.52. The Morgan fingerprint density at radius 3 is 2.48 bits per heavy atom. The van der Waals surface area contributed by atoms with Gasteiger partial charge >= 0.3 is 0 Å². The molecule has 1 atom stereocenters. The van der Waals surface area contributed by atoms with E-state index in [0.717, 1.165) is 5.56 Å². The number of hydrogen-bond donors (Lipinski definition) is 2. The molecule has 4 nitrogen and oxygen atoms in total. The van der Waals surface area contributed by atoms with Crippen molar-refractivity contribution in [1.82, 2.24) is 10.3 Å². The Morgan fingerprint density at radius 1 is 1.09 bits per heavy atom. The number of aromatic nitrogens is 1. The minimum absolute atomic E-state index is 0.0681. The van der Waals surface area contributed by atoms with Crippen LogP contribution >= 0.6 is 0 Å². The molecule has 1 amide bonds. The molecule has 4 heteroatoms. The van der Waals surface area contributed by atoms with E-state index in [1.807, 2.05) is 55.5 Å². The average Bonchev–Trinajstić information content (AvgIpc) is 2.56. The van der Waals surface area contributed by atoms with E-state index in [4.69, 9.17) is 0 Å². The molecule has 0 saturated carbocycles. The molecular formula is C19H18N2O2. The van der Waals surface area contributed by atoms with E-state index >= 15 is 0 Å². The van der Waals surface area contributed by atoms with Crippen molar-refractivity contribution in [1.29, 1.82) is 0 Å². The molecule has 3 aromatic rings. The van der Waals surface area contributed by atoms with Crippen molar-refractivity contribution in [2.45, 2.75) is 19.9 Å². The van der Waals surface area contributed by atoms with Crippen LogP contribution in [0.4, 0.5) is 0 Å². The molecule has 2 N–H and O–H groups in total. The highest BCUT2D eigenvalue weighted by Crippen LogP contribution is 2.29. The van der Waals surface area contributed by atoms with Crippen LogP contribution < -0.4 is 5.32 Å². The minimum atomic E-state index is -0.305. The van der Waals surface area contributed by atoms with E-state index in [1.165, 1.54) is 0 Å². The number of aromatic hydroxyl groups is 1. The number of hydrogen-bond acceptors (Lipinski definition) is 3. The van der Waals surface area contributed by atoms with E-state index in [9.17, 15) is 9.90 Å². The summed E-state index contributed by atoms with van der Waals surface area (Å²) in [6, 6.07) is 16.9. The smallest absolute Gasteiger partial charge is 0.256 e. The molecular weight excluding hydrogens is 288 g/mol. The highest BCUT2D eigenvalue weighted by molar-refractivity contribution is 6.08. The first-order valence-electron chi connectivity index (χ1n) is 7.52. The van der Waals surface area contributed by atoms with Gasteiger partial charge in [0, 0.05) is 5.39 Å². The molecule has 3 rings (SSSR count). The largest absolute Gasteiger partial charge is 0.505 e. The Labute approximate surface area is 134 Å². The zero-order valence-electron chi connectivity index (χ0n) is 13.1. The summed E-state index contributed by atoms with van der Waals surface area (Å²) in [6.07, 6.45) is 0. The first-order chi connectivity index (χ1) is 11.1. The van der Waals surface area contributed by atoms with Gasteiger partial charge in [-0.2, -0.15) is 0 Å². The molecule has 2 aromatic carbocycles. The van der Waals surface area contributed by atoms with Gasteiger partial charge in [-0.3, -0.25) is 4.79 Å². The van der Waals surface area contributed by atoms with Crippen molar-refractivity contribution in [3.05, 3.63) is 71.4 Å². The van der Waals surface area contributed by atoms with Gasteiger partial charge in [0.1, 0.15) is 5.75 Å². The molecule has 0 aliphatic carbocycles. The van der Waals surface area contributed by atoms with Crippen molar-refractivity contribution >= 4 is 16.8 Å². The number of amides is 1. The van der Waals surface area contributed by atoms with E-state index < -0.39 is 0 Å². The van der Waals surface area contributed by atoms with Crippen LogP contribution in [0.2, 0.25) is 0 Å². The fraction of sp³-hybridized carbons (Fsp3) is 0.158. The summed E-state index contributed by atoms with van der Waals surface area (Å²) >= 11 is 0. The summed E-state index contributed by atoms with van der Waals surface area (Å²) in [5.74, 6) is -0.373. The summed E-state index contributed by atoms with van der Waals surface area (Å²) in [5.41, 5.74) is 2.42. The van der Waals surface area contributed by atoms with Gasteiger partial charge in [0.15, 0.2) is 0 Å². The van der Waals surface area contributed by atoms with Crippen LogP contribution in [0, 0.1) is 6.92 Å². The molecule has 0 bridgehead atoms. The Bertz CT molecular complexity index is 860. The van der Waals surface area contributed by atoms with Crippen molar-refractivity contribution in [3.63, 3.8) is 0 Å². The van der Waals surface area contributed by atoms with E-state index in [-0.39, 0.29) is 23.3 Å². The number of nitrogens with zero attached hydrogens (tertiary/aromatic N) is 1. The minimum Gasteiger partial charge on any atom is -0.505 e. The highest BCUT2D eigenvalue weighted by Gasteiger charge is 2.20. The van der Waals surface area contributed by atoms with Crippen LogP contribution in [0.25, 0.3) is 10.9 Å². The number of carbonyl (C=O) groups excluding carboxylic acids is 1. The lowest BCUT2D eigenvalue weighted by atomic mass is 10.0. The number of fused-ring (bicyclic) bond motifs is 1. The molecule has 0 aliphatic heterocycles. The summed E-state index contributed by atoms with van der Waals surface area (Å²) in [4.78, 5) is 17.0. The van der Waals surface area contributed by atoms with Gasteiger partial charge in [-0.15, -0.1) is 0 Å². The van der Waals surface area contributed by atoms with Crippen LogP contribution in [0.15, 0.2) is 54.6 Å². The summed E-state index contributed by atoms with van der Waals surface area (Å²) in [7, 11) is 0. The number of carbonyl (C=O) groups is 1. The van der Waals surface area contributed by atoms with Crippen LogP contribution in [-0.2, 0) is 0 Å². The predicted molar refractivity (Wildman–Crippen MR) is 90.5 cm³/mol. The number of benzene rings is 2. The van der Waals surface area contributed by atoms with Crippen LogP contribution in [0.5, 0.6) is 5.75 Å².